The van der Waals surface area contributed by atoms with Gasteiger partial charge in [0.05, 0.1) is 11.0 Å². The van der Waals surface area contributed by atoms with E-state index in [-0.39, 0.29) is 5.54 Å². The number of pyridine rings is 1. The number of fused-ring (bicyclic) bond motifs is 1. The molecule has 36 heavy (non-hydrogen) atoms. The van der Waals surface area contributed by atoms with Crippen molar-refractivity contribution in [3.63, 3.8) is 0 Å². The SMILES string of the molecule is CN(C)c1nccnc1-c1ccc2nc(Nc3cc(CN4CCN(C(C)(C)C)CC4)ccn3)[nH]c2c1. The summed E-state index contributed by atoms with van der Waals surface area (Å²) in [6, 6.07) is 10.3. The van der Waals surface area contributed by atoms with Gasteiger partial charge in [-0.3, -0.25) is 14.8 Å². The lowest BCUT2D eigenvalue weighted by Crippen LogP contribution is -2.53. The van der Waals surface area contributed by atoms with Crippen LogP contribution in [0.3, 0.4) is 0 Å². The van der Waals surface area contributed by atoms with Crippen molar-refractivity contribution in [2.75, 3.05) is 50.5 Å². The third-order valence-corrected chi connectivity index (χ3v) is 6.66. The van der Waals surface area contributed by atoms with Gasteiger partial charge in [-0.25, -0.2) is 15.0 Å². The summed E-state index contributed by atoms with van der Waals surface area (Å²) in [5.41, 5.74) is 5.11. The van der Waals surface area contributed by atoms with E-state index in [4.69, 9.17) is 4.98 Å². The predicted octanol–water partition coefficient (Wildman–Crippen LogP) is 4.14. The van der Waals surface area contributed by atoms with Crippen molar-refractivity contribution in [3.05, 3.63) is 54.5 Å². The van der Waals surface area contributed by atoms with Crippen molar-refractivity contribution in [2.24, 2.45) is 0 Å². The molecule has 5 rings (SSSR count). The largest absolute Gasteiger partial charge is 0.361 e. The maximum Gasteiger partial charge on any atom is 0.206 e. The maximum absolute atomic E-state index is 4.71. The van der Waals surface area contributed by atoms with E-state index in [0.717, 1.165) is 66.7 Å². The number of anilines is 3. The minimum Gasteiger partial charge on any atom is -0.361 e. The highest BCUT2D eigenvalue weighted by Crippen LogP contribution is 2.28. The molecule has 4 aromatic rings. The molecule has 9 heteroatoms. The van der Waals surface area contributed by atoms with E-state index in [1.54, 1.807) is 12.4 Å². The number of nitrogens with one attached hydrogen (secondary N) is 2. The highest BCUT2D eigenvalue weighted by molar-refractivity contribution is 5.85. The molecule has 0 unspecified atom stereocenters. The summed E-state index contributed by atoms with van der Waals surface area (Å²) in [5.74, 6) is 2.28. The first-order valence-electron chi connectivity index (χ1n) is 12.4. The normalized spacial score (nSPS) is 15.4. The second-order valence-electron chi connectivity index (χ2n) is 10.5. The molecule has 188 valence electrons. The second kappa shape index (κ2) is 9.83. The lowest BCUT2D eigenvalue weighted by Gasteiger charge is -2.42. The number of hydrogen-bond donors (Lipinski definition) is 2. The molecular weight excluding hydrogens is 450 g/mol. The number of rotatable bonds is 6. The van der Waals surface area contributed by atoms with Crippen LogP contribution >= 0.6 is 0 Å². The molecular formula is C27H35N9. The molecule has 0 bridgehead atoms. The van der Waals surface area contributed by atoms with Crippen LogP contribution in [0.2, 0.25) is 0 Å². The summed E-state index contributed by atoms with van der Waals surface area (Å²) >= 11 is 0. The van der Waals surface area contributed by atoms with Crippen LogP contribution in [0.5, 0.6) is 0 Å². The van der Waals surface area contributed by atoms with Crippen LogP contribution in [0.1, 0.15) is 26.3 Å². The van der Waals surface area contributed by atoms with Gasteiger partial charge in [-0.1, -0.05) is 6.07 Å². The van der Waals surface area contributed by atoms with E-state index < -0.39 is 0 Å². The van der Waals surface area contributed by atoms with Crippen molar-refractivity contribution in [1.29, 1.82) is 0 Å². The van der Waals surface area contributed by atoms with Crippen molar-refractivity contribution in [3.8, 4) is 11.3 Å². The van der Waals surface area contributed by atoms with Gasteiger partial charge in [-0.2, -0.15) is 0 Å². The van der Waals surface area contributed by atoms with Gasteiger partial charge in [0.15, 0.2) is 5.82 Å². The predicted molar refractivity (Wildman–Crippen MR) is 146 cm³/mol. The van der Waals surface area contributed by atoms with Crippen LogP contribution in [0.4, 0.5) is 17.6 Å². The van der Waals surface area contributed by atoms with Crippen molar-refractivity contribution in [2.45, 2.75) is 32.9 Å². The molecule has 9 nitrogen and oxygen atoms in total. The lowest BCUT2D eigenvalue weighted by atomic mass is 10.0. The number of benzene rings is 1. The van der Waals surface area contributed by atoms with Gasteiger partial charge in [0.25, 0.3) is 0 Å². The van der Waals surface area contributed by atoms with E-state index in [1.807, 2.05) is 37.3 Å². The molecule has 0 amide bonds. The summed E-state index contributed by atoms with van der Waals surface area (Å²) in [5, 5.41) is 3.35. The third-order valence-electron chi connectivity index (χ3n) is 6.66. The highest BCUT2D eigenvalue weighted by atomic mass is 15.3. The minimum atomic E-state index is 0.232. The Bertz CT molecular complexity index is 1330. The number of hydrogen-bond acceptors (Lipinski definition) is 8. The number of nitrogens with zero attached hydrogens (tertiary/aromatic N) is 7. The third kappa shape index (κ3) is 5.32. The van der Waals surface area contributed by atoms with Crippen LogP contribution in [-0.2, 0) is 6.54 Å². The van der Waals surface area contributed by atoms with Gasteiger partial charge >= 0.3 is 0 Å². The van der Waals surface area contributed by atoms with Crippen LogP contribution in [-0.4, -0.2) is 80.5 Å². The van der Waals surface area contributed by atoms with Crippen LogP contribution < -0.4 is 10.2 Å². The summed E-state index contributed by atoms with van der Waals surface area (Å²) < 4.78 is 0. The first kappa shape index (κ1) is 24.1. The van der Waals surface area contributed by atoms with Gasteiger partial charge in [-0.15, -0.1) is 0 Å². The molecule has 0 aliphatic carbocycles. The summed E-state index contributed by atoms with van der Waals surface area (Å²) in [7, 11) is 3.94. The van der Waals surface area contributed by atoms with E-state index in [1.165, 1.54) is 5.56 Å². The number of aromatic amines is 1. The van der Waals surface area contributed by atoms with Crippen LogP contribution in [0, 0.1) is 0 Å². The Labute approximate surface area is 212 Å². The molecule has 4 heterocycles. The standard InChI is InChI=1S/C27H35N9/c1-27(2,3)36-14-12-35(13-15-36)18-19-8-9-28-23(16-19)33-26-31-21-7-6-20(17-22(21)32-26)24-25(34(4)5)30-11-10-29-24/h6-11,16-17H,12-15,18H2,1-5H3,(H2,28,31,32,33). The Balaban J connectivity index is 1.29. The quantitative estimate of drug-likeness (QED) is 0.421. The topological polar surface area (TPSA) is 89.1 Å². The van der Waals surface area contributed by atoms with Gasteiger partial charge < -0.3 is 15.2 Å². The van der Waals surface area contributed by atoms with Gasteiger partial charge in [-0.05, 0) is 50.6 Å². The van der Waals surface area contributed by atoms with Crippen molar-refractivity contribution < 1.29 is 0 Å². The lowest BCUT2D eigenvalue weighted by molar-refractivity contribution is 0.0591. The summed E-state index contributed by atoms with van der Waals surface area (Å²) in [4.78, 5) is 28.7. The van der Waals surface area contributed by atoms with E-state index >= 15 is 0 Å². The fourth-order valence-corrected chi connectivity index (χ4v) is 4.68. The van der Waals surface area contributed by atoms with E-state index in [9.17, 15) is 0 Å². The zero-order valence-corrected chi connectivity index (χ0v) is 21.8. The molecule has 0 atom stereocenters. The Morgan fingerprint density at radius 1 is 0.944 bits per heavy atom. The summed E-state index contributed by atoms with van der Waals surface area (Å²) in [6.07, 6.45) is 5.29. The summed E-state index contributed by atoms with van der Waals surface area (Å²) in [6.45, 7) is 12.2. The zero-order valence-electron chi connectivity index (χ0n) is 21.8. The molecule has 2 N–H and O–H groups in total. The van der Waals surface area contributed by atoms with E-state index in [2.05, 4.69) is 74.0 Å². The Hall–Kier alpha value is -3.56. The molecule has 0 saturated carbocycles. The average Bonchev–Trinajstić information content (AvgIpc) is 3.25. The highest BCUT2D eigenvalue weighted by Gasteiger charge is 2.25. The molecule has 3 aromatic heterocycles. The van der Waals surface area contributed by atoms with E-state index in [0.29, 0.717) is 5.95 Å². The zero-order chi connectivity index (χ0) is 25.3. The fourth-order valence-electron chi connectivity index (χ4n) is 4.68. The number of imidazole rings is 1. The molecule has 0 radical (unpaired) electrons. The van der Waals surface area contributed by atoms with Crippen LogP contribution in [0.25, 0.3) is 22.3 Å². The monoisotopic (exact) mass is 485 g/mol. The maximum atomic E-state index is 4.71. The molecule has 1 aromatic carbocycles. The molecule has 1 aliphatic rings. The fraction of sp³-hybridized carbons (Fsp3) is 0.407. The average molecular weight is 486 g/mol. The number of piperazine rings is 1. The number of aromatic nitrogens is 5. The molecule has 1 saturated heterocycles. The second-order valence-corrected chi connectivity index (χ2v) is 10.5. The van der Waals surface area contributed by atoms with Crippen LogP contribution in [0.15, 0.2) is 48.9 Å². The first-order chi connectivity index (χ1) is 17.3. The molecule has 0 spiro atoms. The molecule has 1 aliphatic heterocycles. The Kier molecular flexibility index (Phi) is 6.59. The Morgan fingerprint density at radius 2 is 1.72 bits per heavy atom. The minimum absolute atomic E-state index is 0.232. The van der Waals surface area contributed by atoms with Gasteiger partial charge in [0.2, 0.25) is 5.95 Å². The van der Waals surface area contributed by atoms with Crippen molar-refractivity contribution in [1.82, 2.24) is 34.7 Å². The molecule has 1 fully saturated rings. The van der Waals surface area contributed by atoms with Gasteiger partial charge in [0.1, 0.15) is 11.5 Å². The Morgan fingerprint density at radius 3 is 2.47 bits per heavy atom. The van der Waals surface area contributed by atoms with Crippen molar-refractivity contribution >= 4 is 28.6 Å². The first-order valence-corrected chi connectivity index (χ1v) is 12.4. The smallest absolute Gasteiger partial charge is 0.206 e. The van der Waals surface area contributed by atoms with Gasteiger partial charge in [0, 0.05) is 76.5 Å². The number of H-pyrrole nitrogens is 1.